The Morgan fingerprint density at radius 3 is 2.48 bits per heavy atom. The van der Waals surface area contributed by atoms with Crippen molar-refractivity contribution in [3.05, 3.63) is 60.2 Å². The third-order valence-electron chi connectivity index (χ3n) is 4.07. The lowest BCUT2D eigenvalue weighted by atomic mass is 10.2. The van der Waals surface area contributed by atoms with Crippen LogP contribution >= 0.6 is 0 Å². The van der Waals surface area contributed by atoms with Gasteiger partial charge in [0.1, 0.15) is 12.4 Å². The Hall–Kier alpha value is -3.08. The molecule has 7 heteroatoms. The van der Waals surface area contributed by atoms with Crippen LogP contribution in [0.1, 0.15) is 19.4 Å². The van der Waals surface area contributed by atoms with Crippen LogP contribution in [-0.4, -0.2) is 38.3 Å². The Bertz CT molecular complexity index is 1000. The summed E-state index contributed by atoms with van der Waals surface area (Å²) in [4.78, 5) is 12.4. The first-order chi connectivity index (χ1) is 13.9. The van der Waals surface area contributed by atoms with Crippen molar-refractivity contribution in [1.29, 1.82) is 0 Å². The van der Waals surface area contributed by atoms with E-state index in [0.717, 1.165) is 0 Å². The molecule has 2 rings (SSSR count). The molecule has 0 aliphatic heterocycles. The van der Waals surface area contributed by atoms with Gasteiger partial charge in [0.25, 0.3) is 0 Å². The van der Waals surface area contributed by atoms with Gasteiger partial charge in [0.2, 0.25) is 15.9 Å². The second kappa shape index (κ2) is 10.5. The zero-order valence-electron chi connectivity index (χ0n) is 16.5. The number of carbonyl (C=O) groups is 1. The quantitative estimate of drug-likeness (QED) is 0.506. The molecule has 0 aliphatic carbocycles. The molecule has 2 aromatic rings. The van der Waals surface area contributed by atoms with Crippen molar-refractivity contribution in [3.8, 4) is 18.1 Å². The average molecular weight is 413 g/mol. The number of ether oxygens (including phenoxy) is 1. The highest BCUT2D eigenvalue weighted by molar-refractivity contribution is 7.89. The van der Waals surface area contributed by atoms with E-state index < -0.39 is 10.0 Å². The summed E-state index contributed by atoms with van der Waals surface area (Å²) in [6, 6.07) is 13.3. The van der Waals surface area contributed by atoms with Gasteiger partial charge in [0.05, 0.1) is 4.90 Å². The molecule has 29 heavy (non-hydrogen) atoms. The van der Waals surface area contributed by atoms with Crippen LogP contribution in [0.25, 0.3) is 6.08 Å². The van der Waals surface area contributed by atoms with Crippen LogP contribution in [0.15, 0.2) is 59.5 Å². The predicted octanol–water partition coefficient (Wildman–Crippen LogP) is 3.38. The van der Waals surface area contributed by atoms with Gasteiger partial charge in [0.15, 0.2) is 0 Å². The van der Waals surface area contributed by atoms with Gasteiger partial charge in [-0.2, -0.15) is 4.31 Å². The first kappa shape index (κ1) is 22.2. The fourth-order valence-electron chi connectivity index (χ4n) is 2.61. The number of sulfonamides is 1. The molecule has 0 aromatic heterocycles. The molecule has 0 bridgehead atoms. The number of nitrogens with one attached hydrogen (secondary N) is 1. The summed E-state index contributed by atoms with van der Waals surface area (Å²) < 4.78 is 31.7. The van der Waals surface area contributed by atoms with Crippen LogP contribution in [0.2, 0.25) is 0 Å². The molecule has 0 radical (unpaired) electrons. The molecule has 0 aliphatic rings. The van der Waals surface area contributed by atoms with E-state index in [1.165, 1.54) is 22.5 Å². The Morgan fingerprint density at radius 1 is 1.17 bits per heavy atom. The molecular weight excluding hydrogens is 388 g/mol. The maximum atomic E-state index is 12.5. The fourth-order valence-corrected chi connectivity index (χ4v) is 4.07. The SMILES string of the molecule is C#CCOc1cccc(NC(=O)/C=C/c2ccc(S(=O)(=O)N(CC)CC)cc2)c1. The summed E-state index contributed by atoms with van der Waals surface area (Å²) >= 11 is 0. The normalized spacial score (nSPS) is 11.4. The molecule has 1 amide bonds. The van der Waals surface area contributed by atoms with E-state index in [0.29, 0.717) is 30.1 Å². The van der Waals surface area contributed by atoms with Gasteiger partial charge >= 0.3 is 0 Å². The fraction of sp³-hybridized carbons (Fsp3) is 0.227. The highest BCUT2D eigenvalue weighted by Crippen LogP contribution is 2.18. The summed E-state index contributed by atoms with van der Waals surface area (Å²) in [5.41, 5.74) is 1.29. The van der Waals surface area contributed by atoms with E-state index >= 15 is 0 Å². The summed E-state index contributed by atoms with van der Waals surface area (Å²) in [6.07, 6.45) is 8.15. The predicted molar refractivity (Wildman–Crippen MR) is 115 cm³/mol. The second-order valence-electron chi connectivity index (χ2n) is 6.00. The third kappa shape index (κ3) is 6.21. The smallest absolute Gasteiger partial charge is 0.248 e. The Labute approximate surface area is 172 Å². The van der Waals surface area contributed by atoms with Crippen molar-refractivity contribution in [2.75, 3.05) is 25.0 Å². The molecule has 6 nitrogen and oxygen atoms in total. The maximum Gasteiger partial charge on any atom is 0.248 e. The second-order valence-corrected chi connectivity index (χ2v) is 7.94. The van der Waals surface area contributed by atoms with Crippen LogP contribution < -0.4 is 10.1 Å². The van der Waals surface area contributed by atoms with Gasteiger partial charge in [-0.25, -0.2) is 8.42 Å². The van der Waals surface area contributed by atoms with Gasteiger partial charge < -0.3 is 10.1 Å². The van der Waals surface area contributed by atoms with Gasteiger partial charge in [-0.15, -0.1) is 6.42 Å². The highest BCUT2D eigenvalue weighted by atomic mass is 32.2. The van der Waals surface area contributed by atoms with Crippen molar-refractivity contribution in [2.24, 2.45) is 0 Å². The minimum Gasteiger partial charge on any atom is -0.481 e. The minimum atomic E-state index is -3.49. The zero-order chi connectivity index (χ0) is 21.3. The van der Waals surface area contributed by atoms with Gasteiger partial charge in [-0.05, 0) is 35.9 Å². The van der Waals surface area contributed by atoms with Crippen LogP contribution in [0, 0.1) is 12.3 Å². The van der Waals surface area contributed by atoms with Crippen LogP contribution in [0.4, 0.5) is 5.69 Å². The lowest BCUT2D eigenvalue weighted by Gasteiger charge is -2.18. The number of nitrogens with zero attached hydrogens (tertiary/aromatic N) is 1. The monoisotopic (exact) mass is 412 g/mol. The number of anilines is 1. The number of carbonyl (C=O) groups excluding carboxylic acids is 1. The first-order valence-electron chi connectivity index (χ1n) is 9.16. The van der Waals surface area contributed by atoms with E-state index in [2.05, 4.69) is 11.2 Å². The Morgan fingerprint density at radius 2 is 1.86 bits per heavy atom. The van der Waals surface area contributed by atoms with Crippen LogP contribution in [-0.2, 0) is 14.8 Å². The molecule has 0 atom stereocenters. The summed E-state index contributed by atoms with van der Waals surface area (Å²) in [5.74, 6) is 2.62. The van der Waals surface area contributed by atoms with Gasteiger partial charge in [0, 0.05) is 30.9 Å². The molecule has 152 valence electrons. The number of hydrogen-bond donors (Lipinski definition) is 1. The van der Waals surface area contributed by atoms with Crippen molar-refractivity contribution < 1.29 is 17.9 Å². The van der Waals surface area contributed by atoms with Crippen molar-refractivity contribution in [1.82, 2.24) is 4.31 Å². The molecular formula is C22H24N2O4S. The lowest BCUT2D eigenvalue weighted by molar-refractivity contribution is -0.111. The molecule has 0 spiro atoms. The summed E-state index contributed by atoms with van der Waals surface area (Å²) in [5, 5.41) is 2.73. The van der Waals surface area contributed by atoms with Crippen molar-refractivity contribution in [3.63, 3.8) is 0 Å². The number of terminal acetylenes is 1. The lowest BCUT2D eigenvalue weighted by Crippen LogP contribution is -2.30. The Balaban J connectivity index is 2.03. The topological polar surface area (TPSA) is 75.7 Å². The standard InChI is InChI=1S/C22H24N2O4S/c1-4-16-28-20-9-7-8-19(17-20)23-22(25)15-12-18-10-13-21(14-11-18)29(26,27)24(5-2)6-3/h1,7-15,17H,5-6,16H2,2-3H3,(H,23,25)/b15-12+. The molecule has 0 saturated carbocycles. The van der Waals surface area contributed by atoms with Crippen molar-refractivity contribution in [2.45, 2.75) is 18.7 Å². The molecule has 1 N–H and O–H groups in total. The molecule has 0 unspecified atom stereocenters. The van der Waals surface area contributed by atoms with E-state index in [9.17, 15) is 13.2 Å². The summed E-state index contributed by atoms with van der Waals surface area (Å²) in [6.45, 7) is 4.57. The molecule has 0 saturated heterocycles. The third-order valence-corrected chi connectivity index (χ3v) is 6.14. The maximum absolute atomic E-state index is 12.5. The zero-order valence-corrected chi connectivity index (χ0v) is 17.3. The summed E-state index contributed by atoms with van der Waals surface area (Å²) in [7, 11) is -3.49. The van der Waals surface area contributed by atoms with Gasteiger partial charge in [-0.3, -0.25) is 4.79 Å². The number of hydrogen-bond acceptors (Lipinski definition) is 4. The minimum absolute atomic E-state index is 0.150. The van der Waals surface area contributed by atoms with Crippen LogP contribution in [0.3, 0.4) is 0 Å². The highest BCUT2D eigenvalue weighted by Gasteiger charge is 2.20. The molecule has 0 fully saturated rings. The average Bonchev–Trinajstić information content (AvgIpc) is 2.72. The van der Waals surface area contributed by atoms with E-state index in [1.807, 2.05) is 0 Å². The van der Waals surface area contributed by atoms with E-state index in [4.69, 9.17) is 11.2 Å². The van der Waals surface area contributed by atoms with Crippen LogP contribution in [0.5, 0.6) is 5.75 Å². The van der Waals surface area contributed by atoms with E-state index in [-0.39, 0.29) is 17.4 Å². The van der Waals surface area contributed by atoms with Crippen molar-refractivity contribution >= 4 is 27.7 Å². The Kier molecular flexibility index (Phi) is 8.01. The molecule has 2 aromatic carbocycles. The first-order valence-corrected chi connectivity index (χ1v) is 10.6. The number of rotatable bonds is 9. The largest absolute Gasteiger partial charge is 0.481 e. The molecule has 0 heterocycles. The van der Waals surface area contributed by atoms with E-state index in [1.54, 1.807) is 56.3 Å². The number of benzene rings is 2. The van der Waals surface area contributed by atoms with Gasteiger partial charge in [-0.1, -0.05) is 38.0 Å². The number of amides is 1.